The Morgan fingerprint density at radius 2 is 2.05 bits per heavy atom. The van der Waals surface area contributed by atoms with E-state index in [0.29, 0.717) is 6.42 Å². The predicted octanol–water partition coefficient (Wildman–Crippen LogP) is -0.532. The summed E-state index contributed by atoms with van der Waals surface area (Å²) in [5.74, 6) is -0.816. The Balaban J connectivity index is 1.89. The number of carbonyl (C=O) groups excluding carboxylic acids is 2. The Morgan fingerprint density at radius 3 is 2.67 bits per heavy atom. The molecule has 114 valence electrons. The van der Waals surface area contributed by atoms with Crippen molar-refractivity contribution >= 4 is 21.7 Å². The van der Waals surface area contributed by atoms with Gasteiger partial charge < -0.3 is 15.8 Å². The van der Waals surface area contributed by atoms with Crippen LogP contribution < -0.4 is 15.8 Å². The van der Waals surface area contributed by atoms with Crippen molar-refractivity contribution < 1.29 is 22.7 Å². The molecular weight excluding hydrogens is 296 g/mol. The maximum Gasteiger partial charge on any atom is 0.258 e. The first-order valence-electron chi connectivity index (χ1n) is 6.39. The highest BCUT2D eigenvalue weighted by molar-refractivity contribution is 7.91. The molecular formula is C13H16N2O5S. The van der Waals surface area contributed by atoms with E-state index in [4.69, 9.17) is 10.5 Å². The lowest BCUT2D eigenvalue weighted by Crippen LogP contribution is -2.38. The van der Waals surface area contributed by atoms with Crippen molar-refractivity contribution in [2.45, 2.75) is 12.5 Å². The van der Waals surface area contributed by atoms with E-state index in [1.807, 2.05) is 0 Å². The Kier molecular flexibility index (Phi) is 4.46. The second-order valence-corrected chi connectivity index (χ2v) is 7.05. The molecule has 1 saturated heterocycles. The van der Waals surface area contributed by atoms with Gasteiger partial charge in [0.25, 0.3) is 11.8 Å². The highest BCUT2D eigenvalue weighted by atomic mass is 32.2. The zero-order valence-electron chi connectivity index (χ0n) is 11.2. The van der Waals surface area contributed by atoms with Gasteiger partial charge in [0.2, 0.25) is 0 Å². The number of primary amides is 1. The van der Waals surface area contributed by atoms with Crippen LogP contribution in [-0.2, 0) is 14.6 Å². The van der Waals surface area contributed by atoms with Crippen molar-refractivity contribution in [3.63, 3.8) is 0 Å². The minimum atomic E-state index is -3.04. The molecule has 8 heteroatoms. The summed E-state index contributed by atoms with van der Waals surface area (Å²) in [7, 11) is -3.04. The van der Waals surface area contributed by atoms with Crippen LogP contribution in [0.25, 0.3) is 0 Å². The van der Waals surface area contributed by atoms with Gasteiger partial charge in [0, 0.05) is 6.04 Å². The smallest absolute Gasteiger partial charge is 0.258 e. The van der Waals surface area contributed by atoms with Gasteiger partial charge in [-0.2, -0.15) is 0 Å². The van der Waals surface area contributed by atoms with E-state index < -0.39 is 21.7 Å². The third-order valence-corrected chi connectivity index (χ3v) is 4.88. The van der Waals surface area contributed by atoms with Crippen molar-refractivity contribution in [2.24, 2.45) is 5.73 Å². The van der Waals surface area contributed by atoms with E-state index in [2.05, 4.69) is 5.32 Å². The van der Waals surface area contributed by atoms with Crippen molar-refractivity contribution in [3.05, 3.63) is 29.8 Å². The molecule has 2 amide bonds. The monoisotopic (exact) mass is 312 g/mol. The number of benzene rings is 1. The summed E-state index contributed by atoms with van der Waals surface area (Å²) in [6.45, 7) is -0.305. The predicted molar refractivity (Wildman–Crippen MR) is 75.7 cm³/mol. The molecule has 0 radical (unpaired) electrons. The van der Waals surface area contributed by atoms with Crippen LogP contribution in [0.4, 0.5) is 0 Å². The minimum absolute atomic E-state index is 0.0450. The lowest BCUT2D eigenvalue weighted by atomic mass is 10.2. The zero-order valence-corrected chi connectivity index (χ0v) is 12.1. The van der Waals surface area contributed by atoms with E-state index in [-0.39, 0.29) is 35.5 Å². The fourth-order valence-electron chi connectivity index (χ4n) is 2.12. The molecule has 0 spiro atoms. The topological polar surface area (TPSA) is 116 Å². The fraction of sp³-hybridized carbons (Fsp3) is 0.385. The maximum atomic E-state index is 11.7. The van der Waals surface area contributed by atoms with Crippen LogP contribution in [0.5, 0.6) is 5.75 Å². The van der Waals surface area contributed by atoms with Gasteiger partial charge in [-0.25, -0.2) is 8.42 Å². The van der Waals surface area contributed by atoms with Gasteiger partial charge in [-0.3, -0.25) is 9.59 Å². The Hall–Kier alpha value is -2.09. The Morgan fingerprint density at radius 1 is 1.33 bits per heavy atom. The third-order valence-electron chi connectivity index (χ3n) is 3.11. The second-order valence-electron chi connectivity index (χ2n) is 4.82. The molecule has 7 nitrogen and oxygen atoms in total. The molecule has 1 aliphatic rings. The first-order valence-corrected chi connectivity index (χ1v) is 8.21. The van der Waals surface area contributed by atoms with E-state index in [1.165, 1.54) is 12.1 Å². The molecule has 1 heterocycles. The largest absolute Gasteiger partial charge is 0.483 e. The number of carbonyl (C=O) groups is 2. The van der Waals surface area contributed by atoms with Crippen LogP contribution in [0.2, 0.25) is 0 Å². The number of ether oxygens (including phenoxy) is 1. The van der Waals surface area contributed by atoms with Crippen molar-refractivity contribution in [1.29, 1.82) is 0 Å². The Bertz CT molecular complexity index is 656. The SMILES string of the molecule is NC(=O)c1ccccc1OCC(=O)N[C@H]1CCS(=O)(=O)C1. The van der Waals surface area contributed by atoms with Gasteiger partial charge >= 0.3 is 0 Å². The standard InChI is InChI=1S/C13H16N2O5S/c14-13(17)10-3-1-2-4-11(10)20-7-12(16)15-9-5-6-21(18,19)8-9/h1-4,9H,5-8H2,(H2,14,17)(H,15,16)/t9-/m0/s1. The number of sulfone groups is 1. The lowest BCUT2D eigenvalue weighted by molar-refractivity contribution is -0.123. The number of nitrogens with two attached hydrogens (primary N) is 1. The molecule has 2 rings (SSSR count). The molecule has 21 heavy (non-hydrogen) atoms. The van der Waals surface area contributed by atoms with Gasteiger partial charge in [-0.1, -0.05) is 12.1 Å². The van der Waals surface area contributed by atoms with E-state index in [1.54, 1.807) is 12.1 Å². The maximum absolute atomic E-state index is 11.7. The van der Waals surface area contributed by atoms with E-state index >= 15 is 0 Å². The van der Waals surface area contributed by atoms with Gasteiger partial charge in [0.05, 0.1) is 17.1 Å². The van der Waals surface area contributed by atoms with E-state index in [9.17, 15) is 18.0 Å². The van der Waals surface area contributed by atoms with E-state index in [0.717, 1.165) is 0 Å². The molecule has 0 unspecified atom stereocenters. The summed E-state index contributed by atoms with van der Waals surface area (Å²) in [6.07, 6.45) is 0.409. The van der Waals surface area contributed by atoms with Crippen molar-refractivity contribution in [1.82, 2.24) is 5.32 Å². The molecule has 0 aliphatic carbocycles. The van der Waals surface area contributed by atoms with Crippen molar-refractivity contribution in [3.8, 4) is 5.75 Å². The van der Waals surface area contributed by atoms with Gasteiger partial charge in [0.15, 0.2) is 16.4 Å². The molecule has 0 saturated carbocycles. The number of para-hydroxylation sites is 1. The molecule has 1 aliphatic heterocycles. The molecule has 0 bridgehead atoms. The minimum Gasteiger partial charge on any atom is -0.483 e. The number of hydrogen-bond donors (Lipinski definition) is 2. The second kappa shape index (κ2) is 6.13. The van der Waals surface area contributed by atoms with Gasteiger partial charge in [-0.05, 0) is 18.6 Å². The summed E-state index contributed by atoms with van der Waals surface area (Å²) in [6, 6.07) is 5.95. The quantitative estimate of drug-likeness (QED) is 0.758. The molecule has 0 aromatic heterocycles. The molecule has 1 aromatic carbocycles. The fourth-order valence-corrected chi connectivity index (χ4v) is 3.79. The van der Waals surface area contributed by atoms with Crippen molar-refractivity contribution in [2.75, 3.05) is 18.1 Å². The van der Waals surface area contributed by atoms with Crippen LogP contribution in [0.3, 0.4) is 0 Å². The normalized spacial score (nSPS) is 19.9. The molecule has 1 aromatic rings. The van der Waals surface area contributed by atoms with Gasteiger partial charge in [-0.15, -0.1) is 0 Å². The van der Waals surface area contributed by atoms with Crippen LogP contribution >= 0.6 is 0 Å². The molecule has 3 N–H and O–H groups in total. The van der Waals surface area contributed by atoms with Gasteiger partial charge in [0.1, 0.15) is 5.75 Å². The number of hydrogen-bond acceptors (Lipinski definition) is 5. The first kappa shape index (κ1) is 15.3. The van der Waals surface area contributed by atoms with Crippen LogP contribution in [-0.4, -0.2) is 44.4 Å². The van der Waals surface area contributed by atoms with Crippen LogP contribution in [0, 0.1) is 0 Å². The number of nitrogens with one attached hydrogen (secondary N) is 1. The zero-order chi connectivity index (χ0) is 15.5. The van der Waals surface area contributed by atoms with Crippen LogP contribution in [0.15, 0.2) is 24.3 Å². The first-order chi connectivity index (χ1) is 9.87. The third kappa shape index (κ3) is 4.19. The average molecular weight is 312 g/mol. The van der Waals surface area contributed by atoms with Crippen LogP contribution in [0.1, 0.15) is 16.8 Å². The number of amides is 2. The highest BCUT2D eigenvalue weighted by Crippen LogP contribution is 2.17. The lowest BCUT2D eigenvalue weighted by Gasteiger charge is -2.12. The summed E-state index contributed by atoms with van der Waals surface area (Å²) in [4.78, 5) is 22.9. The Labute approximate surface area is 122 Å². The number of rotatable bonds is 5. The summed E-state index contributed by atoms with van der Waals surface area (Å²) >= 11 is 0. The summed E-state index contributed by atoms with van der Waals surface area (Å²) in [5.41, 5.74) is 5.39. The molecule has 1 fully saturated rings. The molecule has 1 atom stereocenters. The highest BCUT2D eigenvalue weighted by Gasteiger charge is 2.28. The summed E-state index contributed by atoms with van der Waals surface area (Å²) < 4.78 is 27.8. The average Bonchev–Trinajstić information content (AvgIpc) is 2.75. The summed E-state index contributed by atoms with van der Waals surface area (Å²) in [5, 5.41) is 2.59.